The van der Waals surface area contributed by atoms with Crippen molar-refractivity contribution in [3.8, 4) is 0 Å². The summed E-state index contributed by atoms with van der Waals surface area (Å²) in [7, 11) is 0. The Morgan fingerprint density at radius 2 is 1.93 bits per heavy atom. The Balaban J connectivity index is 2.03. The molecule has 1 aliphatic heterocycles. The van der Waals surface area contributed by atoms with Crippen LogP contribution in [0.25, 0.3) is 0 Å². The van der Waals surface area contributed by atoms with Crippen molar-refractivity contribution in [2.45, 2.75) is 39.2 Å². The van der Waals surface area contributed by atoms with Gasteiger partial charge < -0.3 is 14.4 Å². The summed E-state index contributed by atoms with van der Waals surface area (Å²) in [6.45, 7) is 9.04. The smallest absolute Gasteiger partial charge is 0.147 e. The fraction of sp³-hybridized carbons (Fsp3) is 1.00. The minimum absolute atomic E-state index is 0.426. The maximum absolute atomic E-state index is 5.60. The van der Waals surface area contributed by atoms with Crippen LogP contribution in [0.1, 0.15) is 33.1 Å². The summed E-state index contributed by atoms with van der Waals surface area (Å²) in [6, 6.07) is 0. The molecule has 1 rings (SSSR count). The molecule has 0 aromatic carbocycles. The van der Waals surface area contributed by atoms with Crippen molar-refractivity contribution >= 4 is 0 Å². The summed E-state index contributed by atoms with van der Waals surface area (Å²) >= 11 is 0. The second kappa shape index (κ2) is 7.21. The lowest BCUT2D eigenvalue weighted by molar-refractivity contribution is -0.101. The number of piperidine rings is 1. The number of hydrogen-bond donors (Lipinski definition) is 0. The standard InChI is InChI=1S/C11H23NO2/c1-3-7-12-8-5-11(6-9-12)14-10-13-4-2/h11H,3-10H2,1-2H3. The molecule has 0 aliphatic carbocycles. The van der Waals surface area contributed by atoms with Gasteiger partial charge in [0.2, 0.25) is 0 Å². The first-order chi connectivity index (χ1) is 6.86. The Morgan fingerprint density at radius 3 is 2.50 bits per heavy atom. The molecule has 0 aromatic heterocycles. The minimum atomic E-state index is 0.426. The van der Waals surface area contributed by atoms with Crippen LogP contribution in [0, 0.1) is 0 Å². The molecule has 0 N–H and O–H groups in total. The van der Waals surface area contributed by atoms with E-state index in [1.165, 1.54) is 26.1 Å². The molecule has 1 saturated heterocycles. The Morgan fingerprint density at radius 1 is 1.21 bits per heavy atom. The maximum Gasteiger partial charge on any atom is 0.147 e. The quantitative estimate of drug-likeness (QED) is 0.484. The summed E-state index contributed by atoms with van der Waals surface area (Å²) in [5, 5.41) is 0. The lowest BCUT2D eigenvalue weighted by atomic mass is 10.1. The molecule has 3 heteroatoms. The van der Waals surface area contributed by atoms with Crippen LogP contribution in [-0.2, 0) is 9.47 Å². The fourth-order valence-corrected chi connectivity index (χ4v) is 1.84. The van der Waals surface area contributed by atoms with Gasteiger partial charge in [-0.25, -0.2) is 0 Å². The van der Waals surface area contributed by atoms with Gasteiger partial charge in [-0.05, 0) is 32.7 Å². The molecule has 0 amide bonds. The largest absolute Gasteiger partial charge is 0.356 e. The maximum atomic E-state index is 5.60. The summed E-state index contributed by atoms with van der Waals surface area (Å²) in [5.74, 6) is 0. The monoisotopic (exact) mass is 201 g/mol. The van der Waals surface area contributed by atoms with Crippen LogP contribution in [0.4, 0.5) is 0 Å². The number of rotatable bonds is 6. The van der Waals surface area contributed by atoms with E-state index < -0.39 is 0 Å². The Labute approximate surface area is 87.4 Å². The number of nitrogens with zero attached hydrogens (tertiary/aromatic N) is 1. The third-order valence-corrected chi connectivity index (χ3v) is 2.67. The zero-order valence-electron chi connectivity index (χ0n) is 9.50. The SMILES string of the molecule is CCCN1CCC(OCOCC)CC1. The van der Waals surface area contributed by atoms with E-state index in [1.54, 1.807) is 0 Å². The predicted molar refractivity (Wildman–Crippen MR) is 57.3 cm³/mol. The van der Waals surface area contributed by atoms with Crippen LogP contribution in [-0.4, -0.2) is 44.0 Å². The zero-order valence-corrected chi connectivity index (χ0v) is 9.50. The van der Waals surface area contributed by atoms with Crippen LogP contribution >= 0.6 is 0 Å². The van der Waals surface area contributed by atoms with Gasteiger partial charge >= 0.3 is 0 Å². The molecular weight excluding hydrogens is 178 g/mol. The van der Waals surface area contributed by atoms with Gasteiger partial charge in [-0.1, -0.05) is 6.92 Å². The first-order valence-electron chi connectivity index (χ1n) is 5.78. The first kappa shape index (κ1) is 12.0. The molecule has 1 heterocycles. The molecule has 0 bridgehead atoms. The third kappa shape index (κ3) is 4.40. The van der Waals surface area contributed by atoms with Gasteiger partial charge in [0.15, 0.2) is 0 Å². The fourth-order valence-electron chi connectivity index (χ4n) is 1.84. The molecule has 0 aromatic rings. The Kier molecular flexibility index (Phi) is 6.15. The average Bonchev–Trinajstić information content (AvgIpc) is 2.21. The van der Waals surface area contributed by atoms with E-state index in [9.17, 15) is 0 Å². The van der Waals surface area contributed by atoms with Gasteiger partial charge in [-0.15, -0.1) is 0 Å². The van der Waals surface area contributed by atoms with Gasteiger partial charge in [-0.2, -0.15) is 0 Å². The second-order valence-corrected chi connectivity index (χ2v) is 3.82. The lowest BCUT2D eigenvalue weighted by Crippen LogP contribution is -2.37. The highest BCUT2D eigenvalue weighted by atomic mass is 16.7. The zero-order chi connectivity index (χ0) is 10.2. The Hall–Kier alpha value is -0.120. The van der Waals surface area contributed by atoms with Gasteiger partial charge in [0.1, 0.15) is 6.79 Å². The summed E-state index contributed by atoms with van der Waals surface area (Å²) in [4.78, 5) is 2.51. The van der Waals surface area contributed by atoms with Crippen molar-refractivity contribution in [3.05, 3.63) is 0 Å². The average molecular weight is 201 g/mol. The van der Waals surface area contributed by atoms with E-state index in [-0.39, 0.29) is 0 Å². The van der Waals surface area contributed by atoms with Gasteiger partial charge in [0.05, 0.1) is 6.10 Å². The number of likely N-dealkylation sites (tertiary alicyclic amines) is 1. The molecule has 0 unspecified atom stereocenters. The molecule has 84 valence electrons. The van der Waals surface area contributed by atoms with Gasteiger partial charge in [-0.3, -0.25) is 0 Å². The highest BCUT2D eigenvalue weighted by molar-refractivity contribution is 4.71. The van der Waals surface area contributed by atoms with Crippen molar-refractivity contribution in [3.63, 3.8) is 0 Å². The molecule has 14 heavy (non-hydrogen) atoms. The van der Waals surface area contributed by atoms with Crippen molar-refractivity contribution in [1.82, 2.24) is 4.90 Å². The normalized spacial score (nSPS) is 20.1. The van der Waals surface area contributed by atoms with E-state index >= 15 is 0 Å². The van der Waals surface area contributed by atoms with E-state index in [0.717, 1.165) is 19.4 Å². The molecule has 0 saturated carbocycles. The van der Waals surface area contributed by atoms with Crippen molar-refractivity contribution in [2.24, 2.45) is 0 Å². The molecule has 0 atom stereocenters. The summed E-state index contributed by atoms with van der Waals surface area (Å²) in [5.41, 5.74) is 0. The molecule has 1 fully saturated rings. The van der Waals surface area contributed by atoms with Crippen LogP contribution in [0.3, 0.4) is 0 Å². The van der Waals surface area contributed by atoms with Crippen LogP contribution in [0.2, 0.25) is 0 Å². The topological polar surface area (TPSA) is 21.7 Å². The molecule has 1 aliphatic rings. The van der Waals surface area contributed by atoms with E-state index in [0.29, 0.717) is 12.9 Å². The van der Waals surface area contributed by atoms with Crippen molar-refractivity contribution < 1.29 is 9.47 Å². The summed E-state index contributed by atoms with van der Waals surface area (Å²) < 4.78 is 10.8. The predicted octanol–water partition coefficient (Wildman–Crippen LogP) is 1.87. The number of ether oxygens (including phenoxy) is 2. The van der Waals surface area contributed by atoms with Gasteiger partial charge in [0.25, 0.3) is 0 Å². The molecular formula is C11H23NO2. The first-order valence-corrected chi connectivity index (χ1v) is 5.78. The van der Waals surface area contributed by atoms with E-state index in [1.807, 2.05) is 6.92 Å². The van der Waals surface area contributed by atoms with Crippen LogP contribution in [0.15, 0.2) is 0 Å². The lowest BCUT2D eigenvalue weighted by Gasteiger charge is -2.31. The van der Waals surface area contributed by atoms with Gasteiger partial charge in [0, 0.05) is 19.7 Å². The molecule has 0 radical (unpaired) electrons. The number of hydrogen-bond acceptors (Lipinski definition) is 3. The second-order valence-electron chi connectivity index (χ2n) is 3.82. The molecule has 0 spiro atoms. The highest BCUT2D eigenvalue weighted by Crippen LogP contribution is 2.13. The van der Waals surface area contributed by atoms with E-state index in [4.69, 9.17) is 9.47 Å². The molecule has 3 nitrogen and oxygen atoms in total. The third-order valence-electron chi connectivity index (χ3n) is 2.67. The van der Waals surface area contributed by atoms with Crippen molar-refractivity contribution in [1.29, 1.82) is 0 Å². The van der Waals surface area contributed by atoms with E-state index in [2.05, 4.69) is 11.8 Å². The van der Waals surface area contributed by atoms with Crippen LogP contribution < -0.4 is 0 Å². The van der Waals surface area contributed by atoms with Crippen molar-refractivity contribution in [2.75, 3.05) is 33.0 Å². The Bertz CT molecular complexity index is 133. The van der Waals surface area contributed by atoms with Crippen LogP contribution in [0.5, 0.6) is 0 Å². The minimum Gasteiger partial charge on any atom is -0.356 e. The highest BCUT2D eigenvalue weighted by Gasteiger charge is 2.18. The summed E-state index contributed by atoms with van der Waals surface area (Å²) in [6.07, 6.45) is 4.00.